The standard InChI is InChI=1S/C14H16N4O/c19-14(12-4-7-15-8-5-12)17-9-1-3-13(11-17)18-10-2-6-16-18/h2,4-8,10,13H,1,3,9,11H2. The summed E-state index contributed by atoms with van der Waals surface area (Å²) in [4.78, 5) is 18.2. The Kier molecular flexibility index (Phi) is 3.27. The average molecular weight is 256 g/mol. The van der Waals surface area contributed by atoms with Crippen molar-refractivity contribution < 1.29 is 4.79 Å². The van der Waals surface area contributed by atoms with E-state index >= 15 is 0 Å². The van der Waals surface area contributed by atoms with Crippen molar-refractivity contribution in [3.63, 3.8) is 0 Å². The van der Waals surface area contributed by atoms with Gasteiger partial charge in [-0.15, -0.1) is 0 Å². The fourth-order valence-corrected chi connectivity index (χ4v) is 2.53. The predicted octanol–water partition coefficient (Wildman–Crippen LogP) is 1.76. The van der Waals surface area contributed by atoms with E-state index < -0.39 is 0 Å². The van der Waals surface area contributed by atoms with Crippen molar-refractivity contribution in [2.45, 2.75) is 18.9 Å². The van der Waals surface area contributed by atoms with Gasteiger partial charge in [0.05, 0.1) is 6.04 Å². The first-order valence-electron chi connectivity index (χ1n) is 6.53. The summed E-state index contributed by atoms with van der Waals surface area (Å²) in [5.74, 6) is 0.0826. The van der Waals surface area contributed by atoms with E-state index in [9.17, 15) is 4.79 Å². The molecule has 0 aromatic carbocycles. The van der Waals surface area contributed by atoms with E-state index in [1.165, 1.54) is 0 Å². The number of amides is 1. The van der Waals surface area contributed by atoms with Crippen molar-refractivity contribution in [3.8, 4) is 0 Å². The van der Waals surface area contributed by atoms with Crippen LogP contribution in [0.15, 0.2) is 43.0 Å². The Hall–Kier alpha value is -2.17. The van der Waals surface area contributed by atoms with Gasteiger partial charge in [0.25, 0.3) is 5.91 Å². The zero-order valence-corrected chi connectivity index (χ0v) is 10.6. The largest absolute Gasteiger partial charge is 0.337 e. The number of carbonyl (C=O) groups excluding carboxylic acids is 1. The number of piperidine rings is 1. The van der Waals surface area contributed by atoms with Crippen LogP contribution in [-0.2, 0) is 0 Å². The number of carbonyl (C=O) groups is 1. The van der Waals surface area contributed by atoms with Crippen molar-refractivity contribution in [2.75, 3.05) is 13.1 Å². The van der Waals surface area contributed by atoms with E-state index in [-0.39, 0.29) is 11.9 Å². The van der Waals surface area contributed by atoms with Gasteiger partial charge < -0.3 is 4.90 Å². The Balaban J connectivity index is 1.73. The van der Waals surface area contributed by atoms with E-state index in [1.807, 2.05) is 21.8 Å². The normalized spacial score (nSPS) is 19.4. The lowest BCUT2D eigenvalue weighted by Crippen LogP contribution is -2.40. The van der Waals surface area contributed by atoms with E-state index in [1.54, 1.807) is 30.7 Å². The maximum Gasteiger partial charge on any atom is 0.254 e. The second-order valence-corrected chi connectivity index (χ2v) is 4.77. The van der Waals surface area contributed by atoms with Crippen LogP contribution in [0.3, 0.4) is 0 Å². The van der Waals surface area contributed by atoms with E-state index in [4.69, 9.17) is 0 Å². The van der Waals surface area contributed by atoms with Gasteiger partial charge in [-0.2, -0.15) is 5.10 Å². The number of likely N-dealkylation sites (tertiary alicyclic amines) is 1. The Morgan fingerprint density at radius 2 is 2.11 bits per heavy atom. The SMILES string of the molecule is O=C(c1ccncc1)N1CCCC(n2cccn2)C1. The number of hydrogen-bond donors (Lipinski definition) is 0. The molecular formula is C14H16N4O. The van der Waals surface area contributed by atoms with Gasteiger partial charge in [0.1, 0.15) is 0 Å². The maximum atomic E-state index is 12.4. The number of rotatable bonds is 2. The third kappa shape index (κ3) is 2.50. The number of pyridine rings is 1. The van der Waals surface area contributed by atoms with E-state index in [0.29, 0.717) is 5.56 Å². The summed E-state index contributed by atoms with van der Waals surface area (Å²) in [6, 6.07) is 5.73. The third-order valence-corrected chi connectivity index (χ3v) is 3.51. The van der Waals surface area contributed by atoms with Crippen molar-refractivity contribution in [1.29, 1.82) is 0 Å². The lowest BCUT2D eigenvalue weighted by atomic mass is 10.0. The van der Waals surface area contributed by atoms with Gasteiger partial charge in [0, 0.05) is 43.4 Å². The molecule has 1 fully saturated rings. The van der Waals surface area contributed by atoms with Gasteiger partial charge in [-0.1, -0.05) is 0 Å². The molecule has 0 bridgehead atoms. The molecule has 1 amide bonds. The van der Waals surface area contributed by atoms with E-state index in [2.05, 4.69) is 10.1 Å². The van der Waals surface area contributed by atoms with Gasteiger partial charge in [-0.25, -0.2) is 0 Å². The van der Waals surface area contributed by atoms with Crippen molar-refractivity contribution in [2.24, 2.45) is 0 Å². The first-order valence-corrected chi connectivity index (χ1v) is 6.53. The van der Waals surface area contributed by atoms with Crippen LogP contribution in [0, 0.1) is 0 Å². The monoisotopic (exact) mass is 256 g/mol. The Bertz CT molecular complexity index is 538. The highest BCUT2D eigenvalue weighted by Gasteiger charge is 2.25. The topological polar surface area (TPSA) is 51.0 Å². The summed E-state index contributed by atoms with van der Waals surface area (Å²) in [6.45, 7) is 1.54. The molecule has 98 valence electrons. The van der Waals surface area contributed by atoms with Crippen LogP contribution in [-0.4, -0.2) is 38.7 Å². The molecule has 3 rings (SSSR count). The summed E-state index contributed by atoms with van der Waals surface area (Å²) in [5.41, 5.74) is 0.705. The highest BCUT2D eigenvalue weighted by atomic mass is 16.2. The molecule has 5 heteroatoms. The van der Waals surface area contributed by atoms with Crippen molar-refractivity contribution >= 4 is 5.91 Å². The van der Waals surface area contributed by atoms with Crippen LogP contribution >= 0.6 is 0 Å². The Morgan fingerprint density at radius 3 is 2.84 bits per heavy atom. The molecular weight excluding hydrogens is 240 g/mol. The summed E-state index contributed by atoms with van der Waals surface area (Å²) < 4.78 is 1.95. The molecule has 0 saturated carbocycles. The highest BCUT2D eigenvalue weighted by molar-refractivity contribution is 5.94. The molecule has 2 aromatic rings. The minimum Gasteiger partial charge on any atom is -0.337 e. The first kappa shape index (κ1) is 11.9. The molecule has 1 aliphatic rings. The van der Waals surface area contributed by atoms with Gasteiger partial charge in [-0.05, 0) is 31.0 Å². The molecule has 1 unspecified atom stereocenters. The lowest BCUT2D eigenvalue weighted by molar-refractivity contribution is 0.0673. The highest BCUT2D eigenvalue weighted by Crippen LogP contribution is 2.21. The van der Waals surface area contributed by atoms with Crippen LogP contribution in [0.25, 0.3) is 0 Å². The van der Waals surface area contributed by atoms with Crippen molar-refractivity contribution in [3.05, 3.63) is 48.5 Å². The van der Waals surface area contributed by atoms with Gasteiger partial charge in [0.2, 0.25) is 0 Å². The quantitative estimate of drug-likeness (QED) is 0.822. The van der Waals surface area contributed by atoms with Crippen LogP contribution in [0.2, 0.25) is 0 Å². The van der Waals surface area contributed by atoms with Gasteiger partial charge >= 0.3 is 0 Å². The molecule has 0 aliphatic carbocycles. The van der Waals surface area contributed by atoms with Crippen LogP contribution < -0.4 is 0 Å². The van der Waals surface area contributed by atoms with Crippen LogP contribution in [0.4, 0.5) is 0 Å². The summed E-state index contributed by atoms with van der Waals surface area (Å²) in [7, 11) is 0. The second kappa shape index (κ2) is 5.22. The Labute approximate surface area is 111 Å². The first-order chi connectivity index (χ1) is 9.34. The third-order valence-electron chi connectivity index (χ3n) is 3.51. The molecule has 1 atom stereocenters. The molecule has 0 radical (unpaired) electrons. The minimum atomic E-state index is 0.0826. The predicted molar refractivity (Wildman–Crippen MR) is 70.6 cm³/mol. The zero-order chi connectivity index (χ0) is 13.1. The van der Waals surface area contributed by atoms with Gasteiger partial charge in [0.15, 0.2) is 0 Å². The average Bonchev–Trinajstić information content (AvgIpc) is 3.02. The van der Waals surface area contributed by atoms with E-state index in [0.717, 1.165) is 25.9 Å². The molecule has 5 nitrogen and oxygen atoms in total. The fourth-order valence-electron chi connectivity index (χ4n) is 2.53. The molecule has 3 heterocycles. The summed E-state index contributed by atoms with van der Waals surface area (Å²) in [6.07, 6.45) is 9.14. The van der Waals surface area contributed by atoms with Crippen LogP contribution in [0.1, 0.15) is 29.2 Å². The van der Waals surface area contributed by atoms with Crippen LogP contribution in [0.5, 0.6) is 0 Å². The molecule has 0 spiro atoms. The molecule has 19 heavy (non-hydrogen) atoms. The Morgan fingerprint density at radius 1 is 1.26 bits per heavy atom. The molecule has 1 saturated heterocycles. The summed E-state index contributed by atoms with van der Waals surface area (Å²) >= 11 is 0. The van der Waals surface area contributed by atoms with Crippen molar-refractivity contribution in [1.82, 2.24) is 19.7 Å². The number of hydrogen-bond acceptors (Lipinski definition) is 3. The maximum absolute atomic E-state index is 12.4. The molecule has 1 aliphatic heterocycles. The number of aromatic nitrogens is 3. The zero-order valence-electron chi connectivity index (χ0n) is 10.6. The smallest absolute Gasteiger partial charge is 0.254 e. The van der Waals surface area contributed by atoms with Gasteiger partial charge in [-0.3, -0.25) is 14.5 Å². The fraction of sp³-hybridized carbons (Fsp3) is 0.357. The second-order valence-electron chi connectivity index (χ2n) is 4.77. The molecule has 0 N–H and O–H groups in total. The lowest BCUT2D eigenvalue weighted by Gasteiger charge is -2.32. The number of nitrogens with zero attached hydrogens (tertiary/aromatic N) is 4. The molecule has 2 aromatic heterocycles. The summed E-state index contributed by atoms with van der Waals surface area (Å²) in [5, 5.41) is 4.28. The minimum absolute atomic E-state index is 0.0826.